The van der Waals surface area contributed by atoms with Crippen LogP contribution in [0.2, 0.25) is 0 Å². The van der Waals surface area contributed by atoms with Crippen LogP contribution in [-0.2, 0) is 0 Å². The van der Waals surface area contributed by atoms with Crippen LogP contribution in [0.5, 0.6) is 11.5 Å². The zero-order chi connectivity index (χ0) is 19.5. The van der Waals surface area contributed by atoms with E-state index in [0.717, 1.165) is 37.8 Å². The Morgan fingerprint density at radius 3 is 2.36 bits per heavy atom. The number of methoxy groups -OCH3 is 2. The van der Waals surface area contributed by atoms with Crippen LogP contribution < -0.4 is 14.8 Å². The van der Waals surface area contributed by atoms with Crippen molar-refractivity contribution in [2.24, 2.45) is 4.99 Å². The normalized spacial score (nSPS) is 11.6. The number of ether oxygens (including phenoxy) is 2. The van der Waals surface area contributed by atoms with Gasteiger partial charge in [0.15, 0.2) is 11.5 Å². The Kier molecular flexibility index (Phi) is 5.17. The molecule has 140 valence electrons. The summed E-state index contributed by atoms with van der Waals surface area (Å²) in [5.74, 6) is 2.06. The van der Waals surface area contributed by atoms with Gasteiger partial charge in [-0.15, -0.1) is 0 Å². The van der Waals surface area contributed by atoms with Gasteiger partial charge in [-0.2, -0.15) is 0 Å². The van der Waals surface area contributed by atoms with Crippen LogP contribution in [0.3, 0.4) is 0 Å². The molecule has 0 radical (unpaired) electrons. The lowest BCUT2D eigenvalue weighted by molar-refractivity contribution is 0.355. The SMILES string of the molecule is COc1ccc(N=c2cc(-c3ccccc3)oc3ccc(Br)cc23)cc1OC. The van der Waals surface area contributed by atoms with Gasteiger partial charge in [0.1, 0.15) is 11.3 Å². The lowest BCUT2D eigenvalue weighted by atomic mass is 10.1. The van der Waals surface area contributed by atoms with Crippen molar-refractivity contribution in [2.45, 2.75) is 0 Å². The minimum Gasteiger partial charge on any atom is -0.493 e. The van der Waals surface area contributed by atoms with Crippen LogP contribution in [0.1, 0.15) is 0 Å². The standard InChI is InChI=1S/C23H18BrNO3/c1-26-21-11-9-17(13-23(21)27-2)25-19-14-22(15-6-4-3-5-7-15)28-20-10-8-16(24)12-18(19)20/h3-14H,1-2H3. The summed E-state index contributed by atoms with van der Waals surface area (Å²) >= 11 is 3.54. The van der Waals surface area contributed by atoms with Gasteiger partial charge in [0.2, 0.25) is 0 Å². The molecule has 0 aliphatic carbocycles. The summed E-state index contributed by atoms with van der Waals surface area (Å²) in [5.41, 5.74) is 2.53. The van der Waals surface area contributed by atoms with Gasteiger partial charge >= 0.3 is 0 Å². The van der Waals surface area contributed by atoms with Crippen molar-refractivity contribution < 1.29 is 13.9 Å². The van der Waals surface area contributed by atoms with E-state index in [1.165, 1.54) is 0 Å². The predicted molar refractivity (Wildman–Crippen MR) is 114 cm³/mol. The van der Waals surface area contributed by atoms with Crippen molar-refractivity contribution in [2.75, 3.05) is 14.2 Å². The average Bonchev–Trinajstić information content (AvgIpc) is 2.74. The third-order valence-corrected chi connectivity index (χ3v) is 4.87. The third kappa shape index (κ3) is 3.66. The maximum absolute atomic E-state index is 6.14. The van der Waals surface area contributed by atoms with Gasteiger partial charge in [0, 0.05) is 27.6 Å². The van der Waals surface area contributed by atoms with E-state index in [-0.39, 0.29) is 0 Å². The summed E-state index contributed by atoms with van der Waals surface area (Å²) in [6.07, 6.45) is 0. The number of rotatable bonds is 4. The molecule has 0 aliphatic heterocycles. The van der Waals surface area contributed by atoms with Gasteiger partial charge in [0.05, 0.1) is 25.3 Å². The summed E-state index contributed by atoms with van der Waals surface area (Å²) in [6.45, 7) is 0. The topological polar surface area (TPSA) is 44.0 Å². The van der Waals surface area contributed by atoms with Crippen molar-refractivity contribution in [3.63, 3.8) is 0 Å². The smallest absolute Gasteiger partial charge is 0.162 e. The number of benzene rings is 3. The first-order valence-corrected chi connectivity index (χ1v) is 9.53. The molecule has 0 spiro atoms. The van der Waals surface area contributed by atoms with Gasteiger partial charge in [-0.05, 0) is 30.3 Å². The molecular formula is C23H18BrNO3. The molecule has 0 unspecified atom stereocenters. The molecule has 0 aliphatic rings. The van der Waals surface area contributed by atoms with Gasteiger partial charge in [-0.1, -0.05) is 46.3 Å². The molecule has 0 fully saturated rings. The Hall–Kier alpha value is -3.05. The van der Waals surface area contributed by atoms with Crippen LogP contribution in [-0.4, -0.2) is 14.2 Å². The van der Waals surface area contributed by atoms with Crippen molar-refractivity contribution >= 4 is 32.6 Å². The quantitative estimate of drug-likeness (QED) is 0.388. The molecule has 28 heavy (non-hydrogen) atoms. The lowest BCUT2D eigenvalue weighted by Gasteiger charge is -2.08. The molecule has 1 heterocycles. The molecule has 0 N–H and O–H groups in total. The fourth-order valence-electron chi connectivity index (χ4n) is 3.01. The van der Waals surface area contributed by atoms with Crippen LogP contribution in [0, 0.1) is 0 Å². The van der Waals surface area contributed by atoms with Crippen LogP contribution in [0.15, 0.2) is 86.7 Å². The van der Waals surface area contributed by atoms with E-state index in [0.29, 0.717) is 11.5 Å². The Labute approximate surface area is 171 Å². The lowest BCUT2D eigenvalue weighted by Crippen LogP contribution is -2.03. The molecule has 1 aromatic heterocycles. The molecule has 0 saturated carbocycles. The molecule has 0 saturated heterocycles. The Balaban J connectivity index is 1.96. The number of hydrogen-bond donors (Lipinski definition) is 0. The zero-order valence-corrected chi connectivity index (χ0v) is 17.1. The average molecular weight is 436 g/mol. The minimum atomic E-state index is 0.637. The van der Waals surface area contributed by atoms with Gasteiger partial charge in [0.25, 0.3) is 0 Å². The molecule has 0 bridgehead atoms. The summed E-state index contributed by atoms with van der Waals surface area (Å²) in [7, 11) is 3.23. The number of fused-ring (bicyclic) bond motifs is 1. The third-order valence-electron chi connectivity index (χ3n) is 4.38. The summed E-state index contributed by atoms with van der Waals surface area (Å²) in [5, 5.41) is 1.73. The van der Waals surface area contributed by atoms with Crippen LogP contribution in [0.25, 0.3) is 22.3 Å². The second kappa shape index (κ2) is 7.90. The second-order valence-corrected chi connectivity index (χ2v) is 7.07. The van der Waals surface area contributed by atoms with E-state index in [9.17, 15) is 0 Å². The van der Waals surface area contributed by atoms with Crippen LogP contribution in [0.4, 0.5) is 5.69 Å². The molecule has 4 rings (SSSR count). The predicted octanol–water partition coefficient (Wildman–Crippen LogP) is 6.11. The first-order chi connectivity index (χ1) is 13.7. The van der Waals surface area contributed by atoms with Crippen LogP contribution >= 0.6 is 15.9 Å². The maximum atomic E-state index is 6.14. The van der Waals surface area contributed by atoms with E-state index >= 15 is 0 Å². The molecule has 4 nitrogen and oxygen atoms in total. The first-order valence-electron chi connectivity index (χ1n) is 8.73. The Morgan fingerprint density at radius 1 is 0.821 bits per heavy atom. The van der Waals surface area contributed by atoms with E-state index in [2.05, 4.69) is 15.9 Å². The molecule has 0 atom stereocenters. The van der Waals surface area contributed by atoms with Gasteiger partial charge in [-0.25, -0.2) is 4.99 Å². The minimum absolute atomic E-state index is 0.637. The molecule has 0 amide bonds. The zero-order valence-electron chi connectivity index (χ0n) is 15.5. The van der Waals surface area contributed by atoms with E-state index < -0.39 is 0 Å². The van der Waals surface area contributed by atoms with E-state index in [1.807, 2.05) is 72.8 Å². The van der Waals surface area contributed by atoms with E-state index in [1.54, 1.807) is 14.2 Å². The highest BCUT2D eigenvalue weighted by atomic mass is 79.9. The highest BCUT2D eigenvalue weighted by Crippen LogP contribution is 2.31. The fourth-order valence-corrected chi connectivity index (χ4v) is 3.37. The monoisotopic (exact) mass is 435 g/mol. The number of nitrogens with zero attached hydrogens (tertiary/aromatic N) is 1. The number of hydrogen-bond acceptors (Lipinski definition) is 4. The first kappa shape index (κ1) is 18.3. The highest BCUT2D eigenvalue weighted by Gasteiger charge is 2.08. The second-order valence-electron chi connectivity index (χ2n) is 6.15. The summed E-state index contributed by atoms with van der Waals surface area (Å²) < 4.78 is 17.8. The summed E-state index contributed by atoms with van der Waals surface area (Å²) in [4.78, 5) is 4.86. The molecule has 5 heteroatoms. The highest BCUT2D eigenvalue weighted by molar-refractivity contribution is 9.10. The van der Waals surface area contributed by atoms with Crippen molar-refractivity contribution in [3.8, 4) is 22.8 Å². The molecular weight excluding hydrogens is 418 g/mol. The Morgan fingerprint density at radius 2 is 1.61 bits per heavy atom. The van der Waals surface area contributed by atoms with E-state index in [4.69, 9.17) is 18.9 Å². The molecule has 3 aromatic carbocycles. The van der Waals surface area contributed by atoms with Crippen molar-refractivity contribution in [3.05, 3.63) is 82.6 Å². The largest absolute Gasteiger partial charge is 0.493 e. The number of halogens is 1. The molecule has 4 aromatic rings. The maximum Gasteiger partial charge on any atom is 0.162 e. The van der Waals surface area contributed by atoms with Gasteiger partial charge in [-0.3, -0.25) is 0 Å². The fraction of sp³-hybridized carbons (Fsp3) is 0.0870. The van der Waals surface area contributed by atoms with Crippen molar-refractivity contribution in [1.29, 1.82) is 0 Å². The van der Waals surface area contributed by atoms with Crippen molar-refractivity contribution in [1.82, 2.24) is 0 Å². The summed E-state index contributed by atoms with van der Waals surface area (Å²) in [6, 6.07) is 23.5. The van der Waals surface area contributed by atoms with Gasteiger partial charge < -0.3 is 13.9 Å². The Bertz CT molecular complexity index is 1200.